The lowest BCUT2D eigenvalue weighted by Gasteiger charge is -2.08. The average Bonchev–Trinajstić information content (AvgIpc) is 2.31. The number of hydrogen-bond acceptors (Lipinski definition) is 1. The highest BCUT2D eigenvalue weighted by Gasteiger charge is 2.07. The topological polar surface area (TPSA) is 12.0 Å². The molecule has 1 nitrogen and oxygen atoms in total. The molecule has 0 bridgehead atoms. The quantitative estimate of drug-likeness (QED) is 0.869. The Bertz CT molecular complexity index is 523. The maximum Gasteiger partial charge on any atom is 0.0488 e. The summed E-state index contributed by atoms with van der Waals surface area (Å²) in [7, 11) is 1.91. The summed E-state index contributed by atoms with van der Waals surface area (Å²) in [6.45, 7) is 0.808. The lowest BCUT2D eigenvalue weighted by Crippen LogP contribution is -2.04. The van der Waals surface area contributed by atoms with Crippen LogP contribution in [0.2, 0.25) is 10.0 Å². The maximum atomic E-state index is 6.29. The molecule has 0 radical (unpaired) electrons. The van der Waals surface area contributed by atoms with Gasteiger partial charge in [0.05, 0.1) is 0 Å². The molecule has 0 unspecified atom stereocenters. The molecule has 1 N–H and O–H groups in total. The Labute approximate surface area is 111 Å². The van der Waals surface area contributed by atoms with Gasteiger partial charge < -0.3 is 5.32 Å². The molecule has 0 spiro atoms. The number of nitrogens with one attached hydrogen (secondary N) is 1. The first kappa shape index (κ1) is 12.4. The van der Waals surface area contributed by atoms with E-state index >= 15 is 0 Å². The number of halogens is 2. The van der Waals surface area contributed by atoms with Crippen molar-refractivity contribution >= 4 is 23.2 Å². The number of rotatable bonds is 3. The highest BCUT2D eigenvalue weighted by molar-refractivity contribution is 6.36. The molecule has 0 aromatic heterocycles. The van der Waals surface area contributed by atoms with E-state index in [1.165, 1.54) is 0 Å². The normalized spacial score (nSPS) is 10.5. The van der Waals surface area contributed by atoms with Crippen LogP contribution in [0, 0.1) is 0 Å². The van der Waals surface area contributed by atoms with Gasteiger partial charge in [-0.25, -0.2) is 0 Å². The molecule has 2 aromatic rings. The molecule has 2 rings (SSSR count). The van der Waals surface area contributed by atoms with Crippen LogP contribution < -0.4 is 5.32 Å². The number of hydrogen-bond donors (Lipinski definition) is 1. The second-order valence-corrected chi connectivity index (χ2v) is 4.64. The Morgan fingerprint density at radius 2 is 1.65 bits per heavy atom. The van der Waals surface area contributed by atoms with Crippen LogP contribution in [0.3, 0.4) is 0 Å². The van der Waals surface area contributed by atoms with Crippen molar-refractivity contribution in [2.75, 3.05) is 7.05 Å². The second-order valence-electron chi connectivity index (χ2n) is 3.82. The first-order chi connectivity index (χ1) is 8.22. The van der Waals surface area contributed by atoms with E-state index in [0.29, 0.717) is 0 Å². The minimum atomic E-state index is 0.718. The van der Waals surface area contributed by atoms with Gasteiger partial charge in [0.2, 0.25) is 0 Å². The van der Waals surface area contributed by atoms with Gasteiger partial charge in [0.25, 0.3) is 0 Å². The standard InChI is InChI=1S/C14H13Cl2N/c1-17-9-10-6-7-12(14(16)8-10)11-4-2-3-5-13(11)15/h2-8,17H,9H2,1H3. The van der Waals surface area contributed by atoms with Gasteiger partial charge in [-0.3, -0.25) is 0 Å². The van der Waals surface area contributed by atoms with Crippen molar-refractivity contribution < 1.29 is 0 Å². The summed E-state index contributed by atoms with van der Waals surface area (Å²) < 4.78 is 0. The first-order valence-corrected chi connectivity index (χ1v) is 6.16. The minimum absolute atomic E-state index is 0.718. The summed E-state index contributed by atoms with van der Waals surface area (Å²) in [5.41, 5.74) is 3.10. The van der Waals surface area contributed by atoms with E-state index in [1.54, 1.807) is 0 Å². The summed E-state index contributed by atoms with van der Waals surface area (Å²) in [5, 5.41) is 4.54. The first-order valence-electron chi connectivity index (χ1n) is 5.40. The Kier molecular flexibility index (Phi) is 4.06. The van der Waals surface area contributed by atoms with Crippen molar-refractivity contribution in [1.82, 2.24) is 5.32 Å². The molecule has 3 heteroatoms. The van der Waals surface area contributed by atoms with Crippen LogP contribution in [0.4, 0.5) is 0 Å². The van der Waals surface area contributed by atoms with Gasteiger partial charge in [0.15, 0.2) is 0 Å². The Hall–Kier alpha value is -1.02. The molecule has 0 heterocycles. The van der Waals surface area contributed by atoms with E-state index in [2.05, 4.69) is 11.4 Å². The van der Waals surface area contributed by atoms with Crippen molar-refractivity contribution in [2.45, 2.75) is 6.54 Å². The van der Waals surface area contributed by atoms with Crippen LogP contribution in [-0.2, 0) is 6.54 Å². The smallest absolute Gasteiger partial charge is 0.0488 e. The molecule has 17 heavy (non-hydrogen) atoms. The van der Waals surface area contributed by atoms with E-state index in [-0.39, 0.29) is 0 Å². The molecule has 0 aliphatic rings. The third-order valence-corrected chi connectivity index (χ3v) is 3.22. The summed E-state index contributed by atoms with van der Waals surface area (Å²) >= 11 is 12.4. The zero-order chi connectivity index (χ0) is 12.3. The Balaban J connectivity index is 2.44. The van der Waals surface area contributed by atoms with Crippen LogP contribution in [-0.4, -0.2) is 7.05 Å². The van der Waals surface area contributed by atoms with Crippen LogP contribution >= 0.6 is 23.2 Å². The van der Waals surface area contributed by atoms with Crippen LogP contribution in [0.15, 0.2) is 42.5 Å². The van der Waals surface area contributed by atoms with Gasteiger partial charge in [-0.1, -0.05) is 53.5 Å². The summed E-state index contributed by atoms with van der Waals surface area (Å²) in [6.07, 6.45) is 0. The predicted octanol–water partition coefficient (Wildman–Crippen LogP) is 4.38. The van der Waals surface area contributed by atoms with Gasteiger partial charge in [-0.05, 0) is 24.7 Å². The van der Waals surface area contributed by atoms with Crippen molar-refractivity contribution in [2.24, 2.45) is 0 Å². The van der Waals surface area contributed by atoms with E-state index < -0.39 is 0 Å². The van der Waals surface area contributed by atoms with Crippen molar-refractivity contribution in [3.8, 4) is 11.1 Å². The van der Waals surface area contributed by atoms with E-state index in [0.717, 1.165) is 33.3 Å². The SMILES string of the molecule is CNCc1ccc(-c2ccccc2Cl)c(Cl)c1. The van der Waals surface area contributed by atoms with Gasteiger partial charge in [0.1, 0.15) is 0 Å². The lowest BCUT2D eigenvalue weighted by molar-refractivity contribution is 0.818. The molecule has 0 amide bonds. The molecule has 0 fully saturated rings. The molecule has 0 aliphatic heterocycles. The largest absolute Gasteiger partial charge is 0.316 e. The highest BCUT2D eigenvalue weighted by Crippen LogP contribution is 2.33. The fraction of sp³-hybridized carbons (Fsp3) is 0.143. The monoisotopic (exact) mass is 265 g/mol. The van der Waals surface area contributed by atoms with Gasteiger partial charge >= 0.3 is 0 Å². The van der Waals surface area contributed by atoms with Crippen LogP contribution in [0.25, 0.3) is 11.1 Å². The fourth-order valence-corrected chi connectivity index (χ4v) is 2.31. The molecule has 88 valence electrons. The predicted molar refractivity (Wildman–Crippen MR) is 74.7 cm³/mol. The van der Waals surface area contributed by atoms with Crippen LogP contribution in [0.1, 0.15) is 5.56 Å². The molecular weight excluding hydrogens is 253 g/mol. The average molecular weight is 266 g/mol. The Morgan fingerprint density at radius 1 is 0.941 bits per heavy atom. The summed E-state index contributed by atoms with van der Waals surface area (Å²) in [6, 6.07) is 13.7. The van der Waals surface area contributed by atoms with Crippen molar-refractivity contribution in [3.05, 3.63) is 58.1 Å². The maximum absolute atomic E-state index is 6.29. The fourth-order valence-electron chi connectivity index (χ4n) is 1.77. The molecule has 2 aromatic carbocycles. The molecule has 0 saturated heterocycles. The summed E-state index contributed by atoms with van der Waals surface area (Å²) in [5.74, 6) is 0. The van der Waals surface area contributed by atoms with E-state index in [4.69, 9.17) is 23.2 Å². The number of benzene rings is 2. The molecular formula is C14H13Cl2N. The molecule has 0 saturated carbocycles. The molecule has 0 atom stereocenters. The zero-order valence-electron chi connectivity index (χ0n) is 9.50. The minimum Gasteiger partial charge on any atom is -0.316 e. The second kappa shape index (κ2) is 5.54. The van der Waals surface area contributed by atoms with E-state index in [9.17, 15) is 0 Å². The van der Waals surface area contributed by atoms with Gasteiger partial charge in [-0.15, -0.1) is 0 Å². The van der Waals surface area contributed by atoms with Gasteiger partial charge in [0, 0.05) is 27.7 Å². The van der Waals surface area contributed by atoms with Gasteiger partial charge in [-0.2, -0.15) is 0 Å². The zero-order valence-corrected chi connectivity index (χ0v) is 11.0. The molecule has 0 aliphatic carbocycles. The Morgan fingerprint density at radius 3 is 2.29 bits per heavy atom. The third kappa shape index (κ3) is 2.81. The third-order valence-electron chi connectivity index (χ3n) is 2.58. The lowest BCUT2D eigenvalue weighted by atomic mass is 10.0. The van der Waals surface area contributed by atoms with E-state index in [1.807, 2.05) is 43.4 Å². The summed E-state index contributed by atoms with van der Waals surface area (Å²) in [4.78, 5) is 0. The van der Waals surface area contributed by atoms with Crippen molar-refractivity contribution in [3.63, 3.8) is 0 Å². The van der Waals surface area contributed by atoms with Crippen molar-refractivity contribution in [1.29, 1.82) is 0 Å². The van der Waals surface area contributed by atoms with Crippen LogP contribution in [0.5, 0.6) is 0 Å². The highest BCUT2D eigenvalue weighted by atomic mass is 35.5.